The van der Waals surface area contributed by atoms with Gasteiger partial charge in [0.15, 0.2) is 5.78 Å². The summed E-state index contributed by atoms with van der Waals surface area (Å²) in [6, 6.07) is 6.35. The molecule has 32 heavy (non-hydrogen) atoms. The van der Waals surface area contributed by atoms with E-state index >= 15 is 0 Å². The first-order valence-corrected chi connectivity index (χ1v) is 11.5. The molecule has 7 heteroatoms. The molecule has 4 aliphatic rings. The zero-order valence-electron chi connectivity index (χ0n) is 19.0. The van der Waals surface area contributed by atoms with Crippen molar-refractivity contribution >= 4 is 23.3 Å². The molecule has 1 aromatic rings. The Balaban J connectivity index is 1.45. The molecular weight excluding hydrogens is 406 g/mol. The average molecular weight is 440 g/mol. The van der Waals surface area contributed by atoms with Gasteiger partial charge < -0.3 is 21.3 Å². The van der Waals surface area contributed by atoms with Gasteiger partial charge in [-0.15, -0.1) is 0 Å². The lowest BCUT2D eigenvalue weighted by Gasteiger charge is -2.54. The number of Topliss-reactive ketones (excluding diaryl/α,β-unsaturated/α-hetero) is 1. The number of carboxylic acid groups (broad SMARTS) is 1. The minimum Gasteiger partial charge on any atom is -0.478 e. The highest BCUT2D eigenvalue weighted by Crippen LogP contribution is 2.53. The fourth-order valence-electron chi connectivity index (χ4n) is 5.92. The molecule has 4 aliphatic carbocycles. The number of benzene rings is 1. The van der Waals surface area contributed by atoms with Gasteiger partial charge in [0.2, 0.25) is 0 Å². The first kappa shape index (κ1) is 22.4. The summed E-state index contributed by atoms with van der Waals surface area (Å²) in [5, 5.41) is 12.2. The lowest BCUT2D eigenvalue weighted by molar-refractivity contribution is -0.128. The van der Waals surface area contributed by atoms with Crippen LogP contribution in [0.4, 0.5) is 5.69 Å². The van der Waals surface area contributed by atoms with Crippen LogP contribution in [0.3, 0.4) is 0 Å². The van der Waals surface area contributed by atoms with Crippen molar-refractivity contribution in [1.82, 2.24) is 10.7 Å². The van der Waals surface area contributed by atoms with Gasteiger partial charge in [0, 0.05) is 17.7 Å². The Hall–Kier alpha value is -2.83. The summed E-state index contributed by atoms with van der Waals surface area (Å²) >= 11 is 0. The lowest BCUT2D eigenvalue weighted by Crippen LogP contribution is -2.56. The van der Waals surface area contributed by atoms with Crippen molar-refractivity contribution in [3.05, 3.63) is 41.6 Å². The topological polar surface area (TPSA) is 108 Å². The van der Waals surface area contributed by atoms with E-state index in [1.807, 2.05) is 0 Å². The quantitative estimate of drug-likeness (QED) is 0.223. The number of carbonyl (C=O) groups excluding carboxylic acids is 2. The molecule has 4 bridgehead atoms. The monoisotopic (exact) mass is 439 g/mol. The van der Waals surface area contributed by atoms with Crippen LogP contribution < -0.4 is 16.2 Å². The minimum atomic E-state index is -0.996. The number of hydrogen-bond donors (Lipinski definition) is 4. The van der Waals surface area contributed by atoms with E-state index in [0.29, 0.717) is 17.5 Å². The maximum absolute atomic E-state index is 13.3. The molecular formula is C25H33N3O4. The average Bonchev–Trinajstić information content (AvgIpc) is 2.72. The van der Waals surface area contributed by atoms with Crippen LogP contribution in [0, 0.1) is 29.1 Å². The van der Waals surface area contributed by atoms with Crippen molar-refractivity contribution in [1.29, 1.82) is 0 Å². The van der Waals surface area contributed by atoms with Gasteiger partial charge in [0.25, 0.3) is 5.91 Å². The molecule has 172 valence electrons. The number of carbonyl (C=O) groups is 3. The summed E-state index contributed by atoms with van der Waals surface area (Å²) in [5.74, 6) is 1.14. The standard InChI is InChI=1S/C25H33N3O4/c1-25(2,3)22(29)20(13-26-28-19-6-4-16(5-7-19)24(31)32)23(30)27-21-17-9-14-8-15(11-17)12-18(21)10-14/h4-7,13-15,17-18,21,26,28H,8-12H2,1-3H3,(H,27,30)(H,31,32)/b20-13-. The molecule has 5 rings (SSSR count). The van der Waals surface area contributed by atoms with Gasteiger partial charge in [-0.1, -0.05) is 20.8 Å². The van der Waals surface area contributed by atoms with Gasteiger partial charge in [0.05, 0.1) is 11.3 Å². The third-order valence-corrected chi connectivity index (χ3v) is 7.26. The Morgan fingerprint density at radius 3 is 2.00 bits per heavy atom. The van der Waals surface area contributed by atoms with Crippen LogP contribution in [0.1, 0.15) is 63.2 Å². The molecule has 0 unspecified atom stereocenters. The molecule has 4 N–H and O–H groups in total. The summed E-state index contributed by atoms with van der Waals surface area (Å²) in [6.45, 7) is 5.41. The Morgan fingerprint density at radius 1 is 0.938 bits per heavy atom. The van der Waals surface area contributed by atoms with Crippen molar-refractivity contribution < 1.29 is 19.5 Å². The third kappa shape index (κ3) is 4.66. The summed E-state index contributed by atoms with van der Waals surface area (Å²) < 4.78 is 0. The molecule has 0 radical (unpaired) electrons. The number of anilines is 1. The van der Waals surface area contributed by atoms with Gasteiger partial charge in [-0.2, -0.15) is 0 Å². The van der Waals surface area contributed by atoms with E-state index in [2.05, 4.69) is 16.2 Å². The van der Waals surface area contributed by atoms with Crippen LogP contribution >= 0.6 is 0 Å². The Morgan fingerprint density at radius 2 is 1.50 bits per heavy atom. The largest absolute Gasteiger partial charge is 0.478 e. The Kier molecular flexibility index (Phi) is 6.01. The number of aromatic carboxylic acids is 1. The molecule has 7 nitrogen and oxygen atoms in total. The number of ketones is 1. The van der Waals surface area contributed by atoms with Crippen LogP contribution in [-0.4, -0.2) is 28.8 Å². The lowest BCUT2D eigenvalue weighted by atomic mass is 9.54. The van der Waals surface area contributed by atoms with E-state index in [9.17, 15) is 14.4 Å². The predicted molar refractivity (Wildman–Crippen MR) is 122 cm³/mol. The van der Waals surface area contributed by atoms with Crippen LogP contribution in [0.2, 0.25) is 0 Å². The molecule has 0 aromatic heterocycles. The molecule has 0 saturated heterocycles. The van der Waals surface area contributed by atoms with Crippen molar-refractivity contribution in [2.24, 2.45) is 29.1 Å². The van der Waals surface area contributed by atoms with E-state index in [1.165, 1.54) is 50.4 Å². The van der Waals surface area contributed by atoms with Crippen LogP contribution in [0.25, 0.3) is 0 Å². The van der Waals surface area contributed by atoms with E-state index < -0.39 is 11.4 Å². The van der Waals surface area contributed by atoms with Crippen molar-refractivity contribution in [3.63, 3.8) is 0 Å². The molecule has 1 aromatic carbocycles. The predicted octanol–water partition coefficient (Wildman–Crippen LogP) is 3.74. The maximum atomic E-state index is 13.3. The normalized spacial score (nSPS) is 28.8. The molecule has 0 spiro atoms. The van der Waals surface area contributed by atoms with E-state index in [4.69, 9.17) is 5.11 Å². The van der Waals surface area contributed by atoms with Crippen molar-refractivity contribution in [3.8, 4) is 0 Å². The zero-order chi connectivity index (χ0) is 23.0. The Bertz CT molecular complexity index is 902. The minimum absolute atomic E-state index is 0.0981. The smallest absolute Gasteiger partial charge is 0.335 e. The van der Waals surface area contributed by atoms with Crippen LogP contribution in [-0.2, 0) is 9.59 Å². The molecule has 0 heterocycles. The maximum Gasteiger partial charge on any atom is 0.335 e. The molecule has 4 saturated carbocycles. The molecule has 0 aliphatic heterocycles. The highest BCUT2D eigenvalue weighted by molar-refractivity contribution is 6.20. The second kappa shape index (κ2) is 8.60. The molecule has 1 amide bonds. The zero-order valence-corrected chi connectivity index (χ0v) is 19.0. The first-order valence-electron chi connectivity index (χ1n) is 11.5. The van der Waals surface area contributed by atoms with Gasteiger partial charge in [-0.3, -0.25) is 9.59 Å². The summed E-state index contributed by atoms with van der Waals surface area (Å²) in [6.07, 6.45) is 7.54. The highest BCUT2D eigenvalue weighted by Gasteiger charge is 2.49. The van der Waals surface area contributed by atoms with Crippen LogP contribution in [0.15, 0.2) is 36.0 Å². The number of amides is 1. The fraction of sp³-hybridized carbons (Fsp3) is 0.560. The Labute approximate surface area is 189 Å². The second-order valence-corrected chi connectivity index (χ2v) is 10.7. The van der Waals surface area contributed by atoms with Gasteiger partial charge in [-0.05, 0) is 80.0 Å². The third-order valence-electron chi connectivity index (χ3n) is 7.26. The molecule has 0 atom stereocenters. The number of rotatable bonds is 7. The first-order chi connectivity index (χ1) is 15.1. The van der Waals surface area contributed by atoms with Crippen LogP contribution in [0.5, 0.6) is 0 Å². The number of nitrogens with one attached hydrogen (secondary N) is 3. The summed E-state index contributed by atoms with van der Waals surface area (Å²) in [5.41, 5.74) is 5.96. The summed E-state index contributed by atoms with van der Waals surface area (Å²) in [7, 11) is 0. The molecule has 4 fully saturated rings. The van der Waals surface area contributed by atoms with Gasteiger partial charge >= 0.3 is 5.97 Å². The SMILES string of the molecule is CC(C)(C)C(=O)/C(=C/NNc1ccc(C(=O)O)cc1)C(=O)NC1C2CC3CC(C2)CC1C3. The summed E-state index contributed by atoms with van der Waals surface area (Å²) in [4.78, 5) is 37.3. The second-order valence-electron chi connectivity index (χ2n) is 10.7. The van der Waals surface area contributed by atoms with E-state index in [1.54, 1.807) is 32.9 Å². The number of hydrazine groups is 1. The van der Waals surface area contributed by atoms with Gasteiger partial charge in [-0.25, -0.2) is 4.79 Å². The van der Waals surface area contributed by atoms with Crippen molar-refractivity contribution in [2.75, 3.05) is 5.43 Å². The van der Waals surface area contributed by atoms with Gasteiger partial charge in [0.1, 0.15) is 5.57 Å². The number of hydrogen-bond acceptors (Lipinski definition) is 5. The van der Waals surface area contributed by atoms with E-state index in [-0.39, 0.29) is 28.9 Å². The van der Waals surface area contributed by atoms with Crippen molar-refractivity contribution in [2.45, 2.75) is 58.9 Å². The highest BCUT2D eigenvalue weighted by atomic mass is 16.4. The van der Waals surface area contributed by atoms with E-state index in [0.717, 1.165) is 11.8 Å². The fourth-order valence-corrected chi connectivity index (χ4v) is 5.92. The number of carboxylic acids is 1.